The molecule has 178 valence electrons. The molecule has 0 saturated carbocycles. The van der Waals surface area contributed by atoms with Crippen molar-refractivity contribution < 1.29 is 14.4 Å². The number of nitrogens with one attached hydrogen (secondary N) is 1. The highest BCUT2D eigenvalue weighted by atomic mass is 32.1. The quantitative estimate of drug-likeness (QED) is 0.305. The van der Waals surface area contributed by atoms with E-state index in [-0.39, 0.29) is 25.2 Å². The zero-order valence-electron chi connectivity index (χ0n) is 18.5. The first-order chi connectivity index (χ1) is 16.4. The van der Waals surface area contributed by atoms with Crippen molar-refractivity contribution in [3.05, 3.63) is 59.1 Å². The molecule has 12 heteroatoms. The number of aromatic nitrogens is 5. The molecule has 0 aliphatic heterocycles. The molecule has 0 aliphatic carbocycles. The third-order valence-electron chi connectivity index (χ3n) is 5.36. The summed E-state index contributed by atoms with van der Waals surface area (Å²) in [5, 5.41) is 20.0. The number of anilines is 1. The van der Waals surface area contributed by atoms with Crippen LogP contribution in [0.25, 0.3) is 0 Å². The van der Waals surface area contributed by atoms with Gasteiger partial charge in [0.15, 0.2) is 0 Å². The van der Waals surface area contributed by atoms with Gasteiger partial charge in [-0.3, -0.25) is 19.4 Å². The first kappa shape index (κ1) is 24.8. The average molecular weight is 483 g/mol. The highest BCUT2D eigenvalue weighted by Crippen LogP contribution is 2.33. The largest absolute Gasteiger partial charge is 0.370 e. The monoisotopic (exact) mass is 482 g/mol. The highest BCUT2D eigenvalue weighted by Gasteiger charge is 2.39. The van der Waals surface area contributed by atoms with E-state index in [4.69, 9.17) is 11.5 Å². The Kier molecular flexibility index (Phi) is 8.68. The Balaban J connectivity index is 1.55. The van der Waals surface area contributed by atoms with Gasteiger partial charge in [0.1, 0.15) is 5.01 Å². The molecule has 3 amide bonds. The molecule has 3 rings (SSSR count). The van der Waals surface area contributed by atoms with E-state index in [9.17, 15) is 14.4 Å². The van der Waals surface area contributed by atoms with Gasteiger partial charge in [0, 0.05) is 30.9 Å². The molecule has 11 nitrogen and oxygen atoms in total. The molecule has 3 heterocycles. The van der Waals surface area contributed by atoms with Gasteiger partial charge < -0.3 is 16.8 Å². The summed E-state index contributed by atoms with van der Waals surface area (Å²) in [6, 6.07) is 8.75. The van der Waals surface area contributed by atoms with Crippen LogP contribution in [-0.4, -0.2) is 43.1 Å². The molecule has 5 N–H and O–H groups in total. The van der Waals surface area contributed by atoms with Crippen molar-refractivity contribution >= 4 is 34.2 Å². The molecule has 0 fully saturated rings. The average Bonchev–Trinajstić information content (AvgIpc) is 3.26. The van der Waals surface area contributed by atoms with Crippen LogP contribution in [0.2, 0.25) is 0 Å². The first-order valence-corrected chi connectivity index (χ1v) is 11.6. The number of aryl methyl sites for hydroxylation is 1. The molecule has 0 aliphatic rings. The lowest BCUT2D eigenvalue weighted by molar-refractivity contribution is -0.125. The number of hydrogen-bond acceptors (Lipinski definition) is 9. The minimum atomic E-state index is -1.13. The number of rotatable bonds is 13. The van der Waals surface area contributed by atoms with Crippen molar-refractivity contribution in [1.29, 1.82) is 0 Å². The summed E-state index contributed by atoms with van der Waals surface area (Å²) in [5.41, 5.74) is 11.0. The number of pyridine rings is 1. The molecule has 3 aromatic rings. The standard InChI is InChI=1S/C22H26N8O3S/c23-17(31)9-11-22(20(24)33,16-7-5-13-26-28-16)10-3-1-8-19-29-30-21(34-19)27-18(32)14-15-6-2-4-12-25-15/h2,4-7,12-13H,1,3,8-11,14H2,(H2,23,31)(H2,24,33)(H,27,30,32). The van der Waals surface area contributed by atoms with Crippen molar-refractivity contribution in [3.8, 4) is 0 Å². The summed E-state index contributed by atoms with van der Waals surface area (Å²) in [5.74, 6) is -1.30. The minimum Gasteiger partial charge on any atom is -0.370 e. The zero-order valence-corrected chi connectivity index (χ0v) is 19.3. The van der Waals surface area contributed by atoms with Crippen LogP contribution in [0, 0.1) is 0 Å². The summed E-state index contributed by atoms with van der Waals surface area (Å²) in [4.78, 5) is 40.2. The predicted octanol–water partition coefficient (Wildman–Crippen LogP) is 1.31. The van der Waals surface area contributed by atoms with Crippen molar-refractivity contribution in [2.75, 3.05) is 5.32 Å². The molecule has 0 aromatic carbocycles. The van der Waals surface area contributed by atoms with Gasteiger partial charge in [0.25, 0.3) is 0 Å². The Morgan fingerprint density at radius 2 is 1.82 bits per heavy atom. The maximum atomic E-state index is 12.5. The van der Waals surface area contributed by atoms with Crippen molar-refractivity contribution in [2.24, 2.45) is 11.5 Å². The van der Waals surface area contributed by atoms with E-state index in [0.717, 1.165) is 5.01 Å². The topological polar surface area (TPSA) is 180 Å². The van der Waals surface area contributed by atoms with Crippen LogP contribution in [0.4, 0.5) is 5.13 Å². The van der Waals surface area contributed by atoms with Gasteiger partial charge in [-0.05, 0) is 43.5 Å². The Morgan fingerprint density at radius 1 is 0.971 bits per heavy atom. The van der Waals surface area contributed by atoms with Crippen molar-refractivity contribution in [1.82, 2.24) is 25.4 Å². The van der Waals surface area contributed by atoms with E-state index in [1.165, 1.54) is 17.5 Å². The Bertz CT molecular complexity index is 1110. The lowest BCUT2D eigenvalue weighted by atomic mass is 9.74. The highest BCUT2D eigenvalue weighted by molar-refractivity contribution is 7.15. The number of unbranched alkanes of at least 4 members (excludes halogenated alkanes) is 1. The van der Waals surface area contributed by atoms with E-state index in [0.29, 0.717) is 42.2 Å². The summed E-state index contributed by atoms with van der Waals surface area (Å²) in [6.45, 7) is 0. The second-order valence-electron chi connectivity index (χ2n) is 7.78. The number of carbonyl (C=O) groups is 3. The number of amides is 3. The number of nitrogens with two attached hydrogens (primary N) is 2. The number of hydrogen-bond donors (Lipinski definition) is 3. The Morgan fingerprint density at radius 3 is 2.50 bits per heavy atom. The number of nitrogens with zero attached hydrogens (tertiary/aromatic N) is 5. The van der Waals surface area contributed by atoms with Gasteiger partial charge in [0.05, 0.1) is 17.5 Å². The summed E-state index contributed by atoms with van der Waals surface area (Å²) in [7, 11) is 0. The zero-order chi connectivity index (χ0) is 24.4. The molecule has 1 atom stereocenters. The molecule has 0 radical (unpaired) electrons. The fraction of sp³-hybridized carbons (Fsp3) is 0.364. The van der Waals surface area contributed by atoms with Gasteiger partial charge in [-0.25, -0.2) is 0 Å². The van der Waals surface area contributed by atoms with Crippen LogP contribution in [0.5, 0.6) is 0 Å². The van der Waals surface area contributed by atoms with E-state index < -0.39 is 17.2 Å². The number of carbonyl (C=O) groups excluding carboxylic acids is 3. The SMILES string of the molecule is NC(=O)CCC(CCCCc1nnc(NC(=O)Cc2ccccn2)s1)(C(N)=O)c1cccnn1. The van der Waals surface area contributed by atoms with Crippen LogP contribution >= 0.6 is 11.3 Å². The van der Waals surface area contributed by atoms with Crippen molar-refractivity contribution in [2.45, 2.75) is 50.4 Å². The molecule has 1 unspecified atom stereocenters. The van der Waals surface area contributed by atoms with E-state index >= 15 is 0 Å². The van der Waals surface area contributed by atoms with E-state index in [2.05, 4.69) is 30.7 Å². The smallest absolute Gasteiger partial charge is 0.232 e. The maximum Gasteiger partial charge on any atom is 0.232 e. The fourth-order valence-corrected chi connectivity index (χ4v) is 4.38. The minimum absolute atomic E-state index is 0.0114. The first-order valence-electron chi connectivity index (χ1n) is 10.8. The lowest BCUT2D eigenvalue weighted by Gasteiger charge is -2.29. The van der Waals surface area contributed by atoms with Gasteiger partial charge in [-0.1, -0.05) is 23.8 Å². The summed E-state index contributed by atoms with van der Waals surface area (Å²) < 4.78 is 0. The Labute approximate surface area is 200 Å². The molecule has 0 spiro atoms. The van der Waals surface area contributed by atoms with Crippen LogP contribution in [0.1, 0.15) is 48.5 Å². The van der Waals surface area contributed by atoms with Crippen LogP contribution in [0.3, 0.4) is 0 Å². The molecule has 0 bridgehead atoms. The van der Waals surface area contributed by atoms with E-state index in [1.54, 1.807) is 30.5 Å². The third-order valence-corrected chi connectivity index (χ3v) is 6.26. The van der Waals surface area contributed by atoms with Crippen LogP contribution in [0.15, 0.2) is 42.7 Å². The predicted molar refractivity (Wildman–Crippen MR) is 125 cm³/mol. The van der Waals surface area contributed by atoms with Gasteiger partial charge in [0.2, 0.25) is 22.9 Å². The van der Waals surface area contributed by atoms with Crippen molar-refractivity contribution in [3.63, 3.8) is 0 Å². The molecule has 34 heavy (non-hydrogen) atoms. The normalized spacial score (nSPS) is 12.6. The second-order valence-corrected chi connectivity index (χ2v) is 8.84. The van der Waals surface area contributed by atoms with Gasteiger partial charge in [-0.2, -0.15) is 10.2 Å². The van der Waals surface area contributed by atoms with Gasteiger partial charge in [-0.15, -0.1) is 10.2 Å². The molecular weight excluding hydrogens is 456 g/mol. The van der Waals surface area contributed by atoms with Gasteiger partial charge >= 0.3 is 0 Å². The molecule has 0 saturated heterocycles. The number of primary amides is 2. The second kappa shape index (κ2) is 11.9. The van der Waals surface area contributed by atoms with E-state index in [1.807, 2.05) is 6.07 Å². The van der Waals surface area contributed by atoms with Crippen LogP contribution < -0.4 is 16.8 Å². The van der Waals surface area contributed by atoms with Crippen LogP contribution in [-0.2, 0) is 32.6 Å². The summed E-state index contributed by atoms with van der Waals surface area (Å²) >= 11 is 1.30. The lowest BCUT2D eigenvalue weighted by Crippen LogP contribution is -2.43. The summed E-state index contributed by atoms with van der Waals surface area (Å²) in [6.07, 6.45) is 5.79. The Hall–Kier alpha value is -3.80. The molecule has 3 aromatic heterocycles. The maximum absolute atomic E-state index is 12.5. The fourth-order valence-electron chi connectivity index (χ4n) is 3.59. The third kappa shape index (κ3) is 6.85. The molecular formula is C22H26N8O3S.